The molecule has 0 spiro atoms. The number of fused-ring (bicyclic) bond motifs is 1. The molecular formula is C10H11N3. The largest absolute Gasteiger partial charge is 0.325 e. The number of nitrogens with zero attached hydrogens (tertiary/aromatic N) is 3. The van der Waals surface area contributed by atoms with Gasteiger partial charge in [0.1, 0.15) is 0 Å². The van der Waals surface area contributed by atoms with E-state index in [1.165, 1.54) is 0 Å². The molecule has 0 bridgehead atoms. The summed E-state index contributed by atoms with van der Waals surface area (Å²) in [4.78, 5) is 8.34. The van der Waals surface area contributed by atoms with Gasteiger partial charge in [-0.05, 0) is 19.1 Å². The zero-order chi connectivity index (χ0) is 9.10. The van der Waals surface area contributed by atoms with Crippen LogP contribution in [0, 0.1) is 0 Å². The molecule has 0 atom stereocenters. The molecule has 0 aromatic carbocycles. The van der Waals surface area contributed by atoms with Gasteiger partial charge in [-0.1, -0.05) is 12.2 Å². The van der Waals surface area contributed by atoms with Crippen molar-refractivity contribution in [2.75, 3.05) is 0 Å². The third-order valence-corrected chi connectivity index (χ3v) is 1.93. The molecule has 0 amide bonds. The zero-order valence-corrected chi connectivity index (χ0v) is 7.51. The van der Waals surface area contributed by atoms with Crippen molar-refractivity contribution in [3.05, 3.63) is 36.8 Å². The lowest BCUT2D eigenvalue weighted by Gasteiger charge is -1.97. The van der Waals surface area contributed by atoms with Crippen molar-refractivity contribution in [1.29, 1.82) is 0 Å². The molecule has 2 aromatic rings. The Labute approximate surface area is 76.7 Å². The van der Waals surface area contributed by atoms with Crippen LogP contribution in [0.5, 0.6) is 0 Å². The second kappa shape index (κ2) is 3.39. The maximum atomic E-state index is 4.19. The van der Waals surface area contributed by atoms with Crippen LogP contribution in [0.15, 0.2) is 36.8 Å². The Bertz CT molecular complexity index is 428. The van der Waals surface area contributed by atoms with Crippen LogP contribution in [0.3, 0.4) is 0 Å². The molecule has 0 unspecified atom stereocenters. The SMILES string of the molecule is C/C=C/Cn1cnc2ncccc21. The zero-order valence-electron chi connectivity index (χ0n) is 7.51. The molecule has 13 heavy (non-hydrogen) atoms. The summed E-state index contributed by atoms with van der Waals surface area (Å²) in [6, 6.07) is 3.95. The van der Waals surface area contributed by atoms with Crippen molar-refractivity contribution in [3.8, 4) is 0 Å². The normalized spacial score (nSPS) is 11.5. The van der Waals surface area contributed by atoms with Gasteiger partial charge >= 0.3 is 0 Å². The highest BCUT2D eigenvalue weighted by atomic mass is 15.1. The van der Waals surface area contributed by atoms with Gasteiger partial charge < -0.3 is 4.57 Å². The van der Waals surface area contributed by atoms with E-state index in [1.54, 1.807) is 6.20 Å². The molecule has 0 N–H and O–H groups in total. The molecule has 0 fully saturated rings. The first-order valence-corrected chi connectivity index (χ1v) is 4.29. The van der Waals surface area contributed by atoms with Crippen molar-refractivity contribution in [3.63, 3.8) is 0 Å². The fourth-order valence-electron chi connectivity index (χ4n) is 1.26. The number of pyridine rings is 1. The lowest BCUT2D eigenvalue weighted by atomic mass is 10.4. The van der Waals surface area contributed by atoms with Crippen LogP contribution in [0.1, 0.15) is 6.92 Å². The van der Waals surface area contributed by atoms with Gasteiger partial charge in [-0.2, -0.15) is 0 Å². The summed E-state index contributed by atoms with van der Waals surface area (Å²) in [5, 5.41) is 0. The van der Waals surface area contributed by atoms with Gasteiger partial charge in [0.25, 0.3) is 0 Å². The number of rotatable bonds is 2. The minimum atomic E-state index is 0.812. The van der Waals surface area contributed by atoms with Gasteiger partial charge in [0.05, 0.1) is 11.8 Å². The van der Waals surface area contributed by atoms with Crippen molar-refractivity contribution >= 4 is 11.2 Å². The number of hydrogen-bond donors (Lipinski definition) is 0. The first kappa shape index (κ1) is 7.98. The summed E-state index contributed by atoms with van der Waals surface area (Å²) >= 11 is 0. The smallest absolute Gasteiger partial charge is 0.177 e. The van der Waals surface area contributed by atoms with E-state index in [9.17, 15) is 0 Å². The summed E-state index contributed by atoms with van der Waals surface area (Å²) in [5.41, 5.74) is 1.90. The molecule has 0 aliphatic heterocycles. The van der Waals surface area contributed by atoms with Crippen LogP contribution in [-0.2, 0) is 6.54 Å². The Balaban J connectivity index is 2.45. The molecule has 0 saturated carbocycles. The van der Waals surface area contributed by atoms with E-state index in [-0.39, 0.29) is 0 Å². The van der Waals surface area contributed by atoms with Crippen LogP contribution < -0.4 is 0 Å². The van der Waals surface area contributed by atoms with Crippen molar-refractivity contribution < 1.29 is 0 Å². The fraction of sp³-hybridized carbons (Fsp3) is 0.200. The van der Waals surface area contributed by atoms with Crippen molar-refractivity contribution in [2.45, 2.75) is 13.5 Å². The second-order valence-electron chi connectivity index (χ2n) is 2.81. The van der Waals surface area contributed by atoms with Gasteiger partial charge in [0.15, 0.2) is 5.65 Å². The highest BCUT2D eigenvalue weighted by Gasteiger charge is 1.99. The highest BCUT2D eigenvalue weighted by Crippen LogP contribution is 2.08. The van der Waals surface area contributed by atoms with Crippen LogP contribution in [0.2, 0.25) is 0 Å². The summed E-state index contributed by atoms with van der Waals surface area (Å²) in [7, 11) is 0. The van der Waals surface area contributed by atoms with Crippen LogP contribution in [-0.4, -0.2) is 14.5 Å². The molecule has 0 aliphatic rings. The van der Waals surface area contributed by atoms with Gasteiger partial charge in [0.2, 0.25) is 0 Å². The average molecular weight is 173 g/mol. The first-order valence-electron chi connectivity index (χ1n) is 4.29. The van der Waals surface area contributed by atoms with Crippen LogP contribution in [0.4, 0.5) is 0 Å². The predicted octanol–water partition coefficient (Wildman–Crippen LogP) is 2.01. The van der Waals surface area contributed by atoms with E-state index in [0.717, 1.165) is 17.7 Å². The minimum Gasteiger partial charge on any atom is -0.325 e. The lowest BCUT2D eigenvalue weighted by Crippen LogP contribution is -1.91. The standard InChI is InChI=1S/C10H11N3/c1-2-3-7-13-8-12-10-9(13)5-4-6-11-10/h2-6,8H,7H2,1H3/b3-2+. The summed E-state index contributed by atoms with van der Waals surface area (Å²) < 4.78 is 2.07. The van der Waals surface area contributed by atoms with Crippen molar-refractivity contribution in [2.24, 2.45) is 0 Å². The molecule has 3 nitrogen and oxygen atoms in total. The number of aromatic nitrogens is 3. The molecule has 2 heterocycles. The highest BCUT2D eigenvalue weighted by molar-refractivity contribution is 5.70. The molecule has 2 rings (SSSR count). The average Bonchev–Trinajstić information content (AvgIpc) is 2.58. The van der Waals surface area contributed by atoms with Crippen LogP contribution >= 0.6 is 0 Å². The van der Waals surface area contributed by atoms with E-state index in [0.29, 0.717) is 0 Å². The predicted molar refractivity (Wildman–Crippen MR) is 52.3 cm³/mol. The fourth-order valence-corrected chi connectivity index (χ4v) is 1.26. The maximum absolute atomic E-state index is 4.19. The lowest BCUT2D eigenvalue weighted by molar-refractivity contribution is 0.848. The Kier molecular flexibility index (Phi) is 2.08. The number of hydrogen-bond acceptors (Lipinski definition) is 2. The first-order chi connectivity index (χ1) is 6.42. The summed E-state index contributed by atoms with van der Waals surface area (Å²) in [6.07, 6.45) is 7.70. The van der Waals surface area contributed by atoms with Gasteiger partial charge in [-0.3, -0.25) is 0 Å². The second-order valence-corrected chi connectivity index (χ2v) is 2.81. The Morgan fingerprint density at radius 1 is 1.46 bits per heavy atom. The Hall–Kier alpha value is -1.64. The van der Waals surface area contributed by atoms with Gasteiger partial charge in [-0.25, -0.2) is 9.97 Å². The van der Waals surface area contributed by atoms with Gasteiger partial charge in [0, 0.05) is 12.7 Å². The third-order valence-electron chi connectivity index (χ3n) is 1.93. The Morgan fingerprint density at radius 3 is 3.23 bits per heavy atom. The Morgan fingerprint density at radius 2 is 2.38 bits per heavy atom. The van der Waals surface area contributed by atoms with E-state index >= 15 is 0 Å². The van der Waals surface area contributed by atoms with E-state index < -0.39 is 0 Å². The molecule has 0 radical (unpaired) electrons. The maximum Gasteiger partial charge on any atom is 0.177 e. The third kappa shape index (κ3) is 1.45. The summed E-state index contributed by atoms with van der Waals surface area (Å²) in [6.45, 7) is 2.87. The summed E-state index contributed by atoms with van der Waals surface area (Å²) in [5.74, 6) is 0. The van der Waals surface area contributed by atoms with Crippen molar-refractivity contribution in [1.82, 2.24) is 14.5 Å². The molecule has 0 saturated heterocycles. The monoisotopic (exact) mass is 173 g/mol. The van der Waals surface area contributed by atoms with E-state index in [2.05, 4.69) is 20.6 Å². The molecular weight excluding hydrogens is 162 g/mol. The molecule has 66 valence electrons. The topological polar surface area (TPSA) is 30.7 Å². The minimum absolute atomic E-state index is 0.812. The quantitative estimate of drug-likeness (QED) is 0.650. The van der Waals surface area contributed by atoms with E-state index in [4.69, 9.17) is 0 Å². The molecule has 3 heteroatoms. The molecule has 0 aliphatic carbocycles. The van der Waals surface area contributed by atoms with Crippen LogP contribution in [0.25, 0.3) is 11.2 Å². The number of allylic oxidation sites excluding steroid dienone is 2. The van der Waals surface area contributed by atoms with Gasteiger partial charge in [-0.15, -0.1) is 0 Å². The molecule has 2 aromatic heterocycles. The van der Waals surface area contributed by atoms with E-state index in [1.807, 2.05) is 31.5 Å². The number of imidazole rings is 1.